The number of carbonyl (C=O) groups is 2. The monoisotopic (exact) mass is 357 g/mol. The molecular weight excluding hydrogens is 334 g/mol. The highest BCUT2D eigenvalue weighted by Crippen LogP contribution is 2.27. The fourth-order valence-corrected chi connectivity index (χ4v) is 2.78. The molecule has 1 aromatic carbocycles. The average Bonchev–Trinajstić information content (AvgIpc) is 3.10. The van der Waals surface area contributed by atoms with Gasteiger partial charge >= 0.3 is 6.09 Å². The van der Waals surface area contributed by atoms with E-state index in [2.05, 4.69) is 0 Å². The molecule has 0 aliphatic carbocycles. The zero-order valence-electron chi connectivity index (χ0n) is 15.2. The number of benzene rings is 1. The number of furan rings is 1. The van der Waals surface area contributed by atoms with Crippen LogP contribution in [0.25, 0.3) is 11.3 Å². The smallest absolute Gasteiger partial charge is 0.410 e. The zero-order chi connectivity index (χ0) is 18.7. The minimum atomic E-state index is -0.518. The minimum Gasteiger partial charge on any atom is -0.453 e. The van der Waals surface area contributed by atoms with E-state index >= 15 is 0 Å². The highest BCUT2D eigenvalue weighted by atomic mass is 16.6. The Morgan fingerprint density at radius 3 is 2.54 bits per heavy atom. The number of amides is 1. The lowest BCUT2D eigenvalue weighted by atomic mass is 10.0. The van der Waals surface area contributed by atoms with Crippen molar-refractivity contribution in [2.45, 2.75) is 32.5 Å². The first kappa shape index (κ1) is 18.2. The summed E-state index contributed by atoms with van der Waals surface area (Å²) in [6.45, 7) is 6.99. The molecule has 6 heteroatoms. The third-order valence-corrected chi connectivity index (χ3v) is 4.03. The third-order valence-electron chi connectivity index (χ3n) is 4.03. The van der Waals surface area contributed by atoms with Crippen molar-refractivity contribution in [3.8, 4) is 11.3 Å². The average molecular weight is 357 g/mol. The van der Waals surface area contributed by atoms with Gasteiger partial charge in [0.25, 0.3) is 0 Å². The summed E-state index contributed by atoms with van der Waals surface area (Å²) in [5, 5.41) is 0. The Hall–Kier alpha value is -2.60. The standard InChI is InChI=1S/C20H23NO5/c1-20(2,3)26-19(23)21-10-11-24-18(12-21)15-6-4-14(5-7-15)17-9-8-16(13-22)25-17/h4-9,13,18H,10-12H2,1-3H3. The number of nitrogens with zero attached hydrogens (tertiary/aromatic N) is 1. The molecule has 1 atom stereocenters. The molecule has 0 spiro atoms. The highest BCUT2D eigenvalue weighted by molar-refractivity contribution is 5.72. The molecule has 1 aromatic heterocycles. The van der Waals surface area contributed by atoms with Gasteiger partial charge in [-0.25, -0.2) is 4.79 Å². The molecule has 1 fully saturated rings. The van der Waals surface area contributed by atoms with E-state index in [-0.39, 0.29) is 12.2 Å². The number of hydrogen-bond acceptors (Lipinski definition) is 5. The normalized spacial score (nSPS) is 17.8. The number of hydrogen-bond donors (Lipinski definition) is 0. The molecule has 1 saturated heterocycles. The fraction of sp³-hybridized carbons (Fsp3) is 0.400. The van der Waals surface area contributed by atoms with Crippen LogP contribution in [0.4, 0.5) is 4.79 Å². The zero-order valence-corrected chi connectivity index (χ0v) is 15.2. The van der Waals surface area contributed by atoms with Crippen LogP contribution in [0, 0.1) is 0 Å². The van der Waals surface area contributed by atoms with Crippen LogP contribution >= 0.6 is 0 Å². The predicted octanol–water partition coefficient (Wildman–Crippen LogP) is 4.07. The molecule has 0 saturated carbocycles. The molecule has 2 aromatic rings. The lowest BCUT2D eigenvalue weighted by molar-refractivity contribution is -0.0432. The van der Waals surface area contributed by atoms with E-state index in [1.54, 1.807) is 17.0 Å². The topological polar surface area (TPSA) is 69.0 Å². The van der Waals surface area contributed by atoms with Crippen molar-refractivity contribution in [3.63, 3.8) is 0 Å². The van der Waals surface area contributed by atoms with Gasteiger partial charge in [-0.15, -0.1) is 0 Å². The summed E-state index contributed by atoms with van der Waals surface area (Å²) in [5.41, 5.74) is 1.33. The molecule has 138 valence electrons. The first-order valence-corrected chi connectivity index (χ1v) is 8.60. The van der Waals surface area contributed by atoms with Crippen LogP contribution in [0.3, 0.4) is 0 Å². The lowest BCUT2D eigenvalue weighted by Gasteiger charge is -2.34. The Kier molecular flexibility index (Phi) is 5.13. The molecule has 2 heterocycles. The van der Waals surface area contributed by atoms with Gasteiger partial charge in [0.15, 0.2) is 12.0 Å². The number of morpholine rings is 1. The van der Waals surface area contributed by atoms with Gasteiger partial charge in [0, 0.05) is 12.1 Å². The Bertz CT molecular complexity index is 772. The molecule has 0 N–H and O–H groups in total. The van der Waals surface area contributed by atoms with Gasteiger partial charge in [0.2, 0.25) is 0 Å². The maximum Gasteiger partial charge on any atom is 0.410 e. The van der Waals surface area contributed by atoms with Crippen molar-refractivity contribution >= 4 is 12.4 Å². The van der Waals surface area contributed by atoms with Crippen molar-refractivity contribution in [1.29, 1.82) is 0 Å². The summed E-state index contributed by atoms with van der Waals surface area (Å²) in [6.07, 6.45) is 0.158. The minimum absolute atomic E-state index is 0.201. The molecule has 3 rings (SSSR count). The van der Waals surface area contributed by atoms with E-state index in [0.717, 1.165) is 11.1 Å². The second kappa shape index (κ2) is 7.33. The van der Waals surface area contributed by atoms with Gasteiger partial charge in [0.05, 0.1) is 13.2 Å². The van der Waals surface area contributed by atoms with Crippen LogP contribution in [0.5, 0.6) is 0 Å². The quantitative estimate of drug-likeness (QED) is 0.775. The van der Waals surface area contributed by atoms with Gasteiger partial charge in [-0.05, 0) is 38.5 Å². The first-order chi connectivity index (χ1) is 12.4. The van der Waals surface area contributed by atoms with Crippen molar-refractivity contribution in [3.05, 3.63) is 47.7 Å². The summed E-state index contributed by atoms with van der Waals surface area (Å²) < 4.78 is 16.7. The van der Waals surface area contributed by atoms with Gasteiger partial charge in [-0.3, -0.25) is 4.79 Å². The number of aldehydes is 1. The second-order valence-corrected chi connectivity index (χ2v) is 7.23. The van der Waals surface area contributed by atoms with Crippen molar-refractivity contribution in [1.82, 2.24) is 4.90 Å². The van der Waals surface area contributed by atoms with Gasteiger partial charge < -0.3 is 18.8 Å². The van der Waals surface area contributed by atoms with E-state index in [4.69, 9.17) is 13.9 Å². The Balaban J connectivity index is 1.68. The summed E-state index contributed by atoms with van der Waals surface area (Å²) >= 11 is 0. The maximum atomic E-state index is 12.3. The van der Waals surface area contributed by atoms with Crippen molar-refractivity contribution in [2.75, 3.05) is 19.7 Å². The number of rotatable bonds is 3. The van der Waals surface area contributed by atoms with E-state index in [1.165, 1.54) is 0 Å². The third kappa shape index (κ3) is 4.32. The van der Waals surface area contributed by atoms with Crippen LogP contribution in [0.1, 0.15) is 43.0 Å². The van der Waals surface area contributed by atoms with Crippen LogP contribution in [-0.4, -0.2) is 42.6 Å². The largest absolute Gasteiger partial charge is 0.453 e. The molecule has 1 aliphatic heterocycles. The fourth-order valence-electron chi connectivity index (χ4n) is 2.78. The van der Waals surface area contributed by atoms with Crippen LogP contribution in [0.15, 0.2) is 40.8 Å². The van der Waals surface area contributed by atoms with E-state index in [0.29, 0.717) is 37.5 Å². The van der Waals surface area contributed by atoms with Gasteiger partial charge in [0.1, 0.15) is 17.5 Å². The van der Waals surface area contributed by atoms with E-state index in [9.17, 15) is 9.59 Å². The highest BCUT2D eigenvalue weighted by Gasteiger charge is 2.28. The number of carbonyl (C=O) groups excluding carboxylic acids is 2. The van der Waals surface area contributed by atoms with Crippen LogP contribution < -0.4 is 0 Å². The Morgan fingerprint density at radius 1 is 1.19 bits per heavy atom. The molecule has 26 heavy (non-hydrogen) atoms. The van der Waals surface area contributed by atoms with Gasteiger partial charge in [-0.1, -0.05) is 24.3 Å². The first-order valence-electron chi connectivity index (χ1n) is 8.60. The lowest BCUT2D eigenvalue weighted by Crippen LogP contribution is -2.44. The summed E-state index contributed by atoms with van der Waals surface area (Å²) in [7, 11) is 0. The van der Waals surface area contributed by atoms with Crippen LogP contribution in [0.2, 0.25) is 0 Å². The van der Waals surface area contributed by atoms with E-state index < -0.39 is 5.60 Å². The molecule has 0 radical (unpaired) electrons. The maximum absolute atomic E-state index is 12.3. The molecule has 1 unspecified atom stereocenters. The van der Waals surface area contributed by atoms with Crippen molar-refractivity contribution in [2.24, 2.45) is 0 Å². The van der Waals surface area contributed by atoms with E-state index in [1.807, 2.05) is 45.0 Å². The molecular formula is C20H23NO5. The van der Waals surface area contributed by atoms with Crippen molar-refractivity contribution < 1.29 is 23.5 Å². The molecule has 0 bridgehead atoms. The summed E-state index contributed by atoms with van der Waals surface area (Å²) in [4.78, 5) is 24.7. The molecule has 1 amide bonds. The molecule has 6 nitrogen and oxygen atoms in total. The van der Waals surface area contributed by atoms with Gasteiger partial charge in [-0.2, -0.15) is 0 Å². The second-order valence-electron chi connectivity index (χ2n) is 7.23. The summed E-state index contributed by atoms with van der Waals surface area (Å²) in [5.74, 6) is 0.936. The van der Waals surface area contributed by atoms with Crippen LogP contribution in [-0.2, 0) is 9.47 Å². The SMILES string of the molecule is CC(C)(C)OC(=O)N1CCOC(c2ccc(-c3ccc(C=O)o3)cc2)C1. The Morgan fingerprint density at radius 2 is 1.92 bits per heavy atom. The molecule has 1 aliphatic rings. The Labute approximate surface area is 152 Å². The predicted molar refractivity (Wildman–Crippen MR) is 96.0 cm³/mol. The summed E-state index contributed by atoms with van der Waals surface area (Å²) in [6, 6.07) is 11.1. The number of ether oxygens (including phenoxy) is 2.